The van der Waals surface area contributed by atoms with Crippen molar-refractivity contribution in [2.24, 2.45) is 0 Å². The molecule has 29 heavy (non-hydrogen) atoms. The van der Waals surface area contributed by atoms with Crippen molar-refractivity contribution in [2.75, 3.05) is 11.9 Å². The number of carbonyl (C=O) groups is 2. The third-order valence-electron chi connectivity index (χ3n) is 5.69. The molecule has 0 heterocycles. The minimum atomic E-state index is -1.82. The Labute approximate surface area is 168 Å². The highest BCUT2D eigenvalue weighted by Crippen LogP contribution is 2.46. The average molecular weight is 405 g/mol. The van der Waals surface area contributed by atoms with Crippen LogP contribution in [0, 0.1) is 0 Å². The predicted octanol–water partition coefficient (Wildman–Crippen LogP) is 1.64. The minimum Gasteiger partial charge on any atom is -0.507 e. The van der Waals surface area contributed by atoms with Gasteiger partial charge < -0.3 is 30.8 Å². The molecule has 0 aliphatic heterocycles. The van der Waals surface area contributed by atoms with Gasteiger partial charge in [-0.2, -0.15) is 0 Å². The molecule has 0 aromatic heterocycles. The fraction of sp³-hybridized carbons (Fsp3) is 0.524. The number of Topliss-reactive ketones (excluding diaryl/α,β-unsaturated/α-hetero) is 2. The van der Waals surface area contributed by atoms with E-state index in [1.54, 1.807) is 0 Å². The molecule has 1 aromatic carbocycles. The summed E-state index contributed by atoms with van der Waals surface area (Å²) in [5, 5.41) is 54.8. The van der Waals surface area contributed by atoms with Gasteiger partial charge in [0.1, 0.15) is 18.0 Å². The first-order chi connectivity index (χ1) is 13.6. The quantitative estimate of drug-likeness (QED) is 0.238. The number of phenolic OH excluding ortho intramolecular Hbond substituents is 2. The zero-order chi connectivity index (χ0) is 21.5. The Morgan fingerprint density at radius 2 is 1.79 bits per heavy atom. The highest BCUT2D eigenvalue weighted by atomic mass is 16.4. The first-order valence-corrected chi connectivity index (χ1v) is 9.85. The highest BCUT2D eigenvalue weighted by molar-refractivity contribution is 6.30. The van der Waals surface area contributed by atoms with E-state index >= 15 is 0 Å². The van der Waals surface area contributed by atoms with Crippen LogP contribution in [0.15, 0.2) is 17.2 Å². The lowest BCUT2D eigenvalue weighted by molar-refractivity contribution is -0.111. The smallest absolute Gasteiger partial charge is 0.196 e. The molecule has 0 saturated heterocycles. The van der Waals surface area contributed by atoms with Crippen molar-refractivity contribution in [3.63, 3.8) is 0 Å². The van der Waals surface area contributed by atoms with E-state index in [-0.39, 0.29) is 28.8 Å². The number of carbonyl (C=O) groups excluding carboxylic acids is 2. The molecule has 0 bridgehead atoms. The molecule has 6 N–H and O–H groups in total. The van der Waals surface area contributed by atoms with Gasteiger partial charge >= 0.3 is 0 Å². The largest absolute Gasteiger partial charge is 0.507 e. The molecule has 8 nitrogen and oxygen atoms in total. The Kier molecular flexibility index (Phi) is 5.71. The summed E-state index contributed by atoms with van der Waals surface area (Å²) in [6, 6.07) is 1.17. The van der Waals surface area contributed by atoms with E-state index in [0.717, 1.165) is 25.7 Å². The van der Waals surface area contributed by atoms with Crippen LogP contribution in [0.5, 0.6) is 11.5 Å². The third kappa shape index (κ3) is 3.52. The molecule has 2 aliphatic carbocycles. The number of phenols is 2. The Morgan fingerprint density at radius 1 is 1.10 bits per heavy atom. The summed E-state index contributed by atoms with van der Waals surface area (Å²) in [4.78, 5) is 26.0. The Balaban J connectivity index is 2.00. The van der Waals surface area contributed by atoms with Gasteiger partial charge in [0, 0.05) is 30.2 Å². The van der Waals surface area contributed by atoms with E-state index < -0.39 is 46.4 Å². The minimum absolute atomic E-state index is 0.131. The molecule has 8 heteroatoms. The second-order valence-corrected chi connectivity index (χ2v) is 8.00. The number of nitrogens with one attached hydrogen (secondary N) is 1. The number of fused-ring (bicyclic) bond motifs is 1. The molecule has 0 radical (unpaired) electrons. The first kappa shape index (κ1) is 21.3. The topological polar surface area (TPSA) is 147 Å². The zero-order valence-electron chi connectivity index (χ0n) is 16.5. The van der Waals surface area contributed by atoms with Gasteiger partial charge in [0.2, 0.25) is 0 Å². The lowest BCUT2D eigenvalue weighted by atomic mass is 9.69. The number of anilines is 1. The van der Waals surface area contributed by atoms with Crippen LogP contribution in [0.2, 0.25) is 0 Å². The summed E-state index contributed by atoms with van der Waals surface area (Å²) in [5.74, 6) is -2.57. The normalized spacial score (nSPS) is 26.4. The summed E-state index contributed by atoms with van der Waals surface area (Å²) in [7, 11) is 0. The second kappa shape index (κ2) is 7.78. The van der Waals surface area contributed by atoms with Gasteiger partial charge in [-0.1, -0.05) is 26.2 Å². The molecule has 0 unspecified atom stereocenters. The van der Waals surface area contributed by atoms with Crippen LogP contribution >= 0.6 is 0 Å². The van der Waals surface area contributed by atoms with Crippen molar-refractivity contribution in [1.82, 2.24) is 0 Å². The number of aromatic hydroxyl groups is 2. The Hall–Kier alpha value is -2.42. The van der Waals surface area contributed by atoms with Crippen LogP contribution in [-0.2, 0) is 0 Å². The molecular formula is C21H27NO7. The maximum atomic E-state index is 13.1. The van der Waals surface area contributed by atoms with E-state index in [4.69, 9.17) is 0 Å². The summed E-state index contributed by atoms with van der Waals surface area (Å²) in [6.07, 6.45) is 0.157. The van der Waals surface area contributed by atoms with E-state index in [1.165, 1.54) is 13.0 Å². The molecular weight excluding hydrogens is 378 g/mol. The number of aliphatic hydroxyl groups excluding tert-OH is 2. The fourth-order valence-electron chi connectivity index (χ4n) is 4.01. The van der Waals surface area contributed by atoms with E-state index in [1.807, 2.05) is 0 Å². The van der Waals surface area contributed by atoms with Crippen molar-refractivity contribution < 1.29 is 35.1 Å². The van der Waals surface area contributed by atoms with Crippen LogP contribution < -0.4 is 5.32 Å². The maximum absolute atomic E-state index is 13.1. The molecule has 0 spiro atoms. The molecule has 158 valence electrons. The molecule has 1 aromatic rings. The average Bonchev–Trinajstić information content (AvgIpc) is 2.65. The monoisotopic (exact) mass is 405 g/mol. The number of hydrogen-bond donors (Lipinski definition) is 6. The van der Waals surface area contributed by atoms with Crippen LogP contribution in [0.4, 0.5) is 5.69 Å². The van der Waals surface area contributed by atoms with Gasteiger partial charge in [0.15, 0.2) is 17.3 Å². The number of ketones is 2. The molecule has 0 amide bonds. The highest BCUT2D eigenvalue weighted by Gasteiger charge is 2.51. The number of hydrogen-bond acceptors (Lipinski definition) is 8. The van der Waals surface area contributed by atoms with E-state index in [2.05, 4.69) is 12.2 Å². The summed E-state index contributed by atoms with van der Waals surface area (Å²) in [5.41, 5.74) is -2.97. The van der Waals surface area contributed by atoms with Gasteiger partial charge in [-0.05, 0) is 13.3 Å². The maximum Gasteiger partial charge on any atom is 0.196 e. The van der Waals surface area contributed by atoms with Crippen LogP contribution in [0.25, 0.3) is 0 Å². The number of aliphatic hydroxyl groups is 3. The van der Waals surface area contributed by atoms with Crippen LogP contribution in [-0.4, -0.2) is 61.5 Å². The lowest BCUT2D eigenvalue weighted by Crippen LogP contribution is -2.54. The van der Waals surface area contributed by atoms with Crippen molar-refractivity contribution in [3.8, 4) is 11.5 Å². The van der Waals surface area contributed by atoms with E-state index in [0.29, 0.717) is 6.54 Å². The molecule has 2 aliphatic rings. The van der Waals surface area contributed by atoms with Crippen molar-refractivity contribution in [3.05, 3.63) is 28.3 Å². The third-order valence-corrected chi connectivity index (χ3v) is 5.69. The van der Waals surface area contributed by atoms with Gasteiger partial charge in [-0.25, -0.2) is 0 Å². The van der Waals surface area contributed by atoms with Crippen molar-refractivity contribution >= 4 is 17.3 Å². The second-order valence-electron chi connectivity index (χ2n) is 8.00. The van der Waals surface area contributed by atoms with Gasteiger partial charge in [-0.3, -0.25) is 9.59 Å². The van der Waals surface area contributed by atoms with Gasteiger partial charge in [0.05, 0.1) is 22.4 Å². The Morgan fingerprint density at radius 3 is 2.45 bits per heavy atom. The van der Waals surface area contributed by atoms with Gasteiger partial charge in [0.25, 0.3) is 0 Å². The number of unbranched alkanes of at least 4 members (excludes halogenated alkanes) is 3. The zero-order valence-corrected chi connectivity index (χ0v) is 16.5. The Bertz CT molecular complexity index is 888. The van der Waals surface area contributed by atoms with Crippen molar-refractivity contribution in [2.45, 2.75) is 63.8 Å². The standard InChI is InChI=1S/C21H27NO7/c1-3-4-5-6-7-22-11-8-12(23)14-15(17(11)25)16(24)10-9-21(2,29)20(28)19(27)13(10)18(14)26/h8,19-20,22-23,25,27-29H,3-7,9H2,1-2H3/t19-,20+,21-/m0/s1. The summed E-state index contributed by atoms with van der Waals surface area (Å²) < 4.78 is 0. The number of rotatable bonds is 6. The van der Waals surface area contributed by atoms with Gasteiger partial charge in [-0.15, -0.1) is 0 Å². The summed E-state index contributed by atoms with van der Waals surface area (Å²) >= 11 is 0. The predicted molar refractivity (Wildman–Crippen MR) is 105 cm³/mol. The number of benzene rings is 1. The molecule has 3 atom stereocenters. The fourth-order valence-corrected chi connectivity index (χ4v) is 4.01. The molecule has 0 saturated carbocycles. The van der Waals surface area contributed by atoms with Crippen molar-refractivity contribution in [1.29, 1.82) is 0 Å². The van der Waals surface area contributed by atoms with Crippen LogP contribution in [0.3, 0.4) is 0 Å². The molecule has 3 rings (SSSR count). The molecule has 0 fully saturated rings. The lowest BCUT2D eigenvalue weighted by Gasteiger charge is -2.40. The van der Waals surface area contributed by atoms with E-state index in [9.17, 15) is 35.1 Å². The SMILES string of the molecule is CCCCCCNc1cc(O)c2c(c1O)C(=O)C1=C(C2=O)[C@H](O)[C@@H](O)[C@@](C)(O)C1. The van der Waals surface area contributed by atoms with Crippen LogP contribution in [0.1, 0.15) is 66.7 Å². The first-order valence-electron chi connectivity index (χ1n) is 9.85. The summed E-state index contributed by atoms with van der Waals surface area (Å²) in [6.45, 7) is 3.86.